The van der Waals surface area contributed by atoms with Crippen molar-refractivity contribution in [2.45, 2.75) is 19.9 Å². The van der Waals surface area contributed by atoms with Crippen molar-refractivity contribution >= 4 is 16.9 Å². The molecule has 1 aliphatic heterocycles. The lowest BCUT2D eigenvalue weighted by molar-refractivity contribution is 0.0708. The summed E-state index contributed by atoms with van der Waals surface area (Å²) in [5, 5.41) is 10.4. The number of fused-ring (bicyclic) bond motifs is 2. The van der Waals surface area contributed by atoms with E-state index in [9.17, 15) is 14.7 Å². The molecule has 1 aromatic heterocycles. The Morgan fingerprint density at radius 1 is 1.07 bits per heavy atom. The van der Waals surface area contributed by atoms with Crippen molar-refractivity contribution in [1.82, 2.24) is 9.80 Å². The maximum absolute atomic E-state index is 13.3. The Kier molecular flexibility index (Phi) is 5.11. The van der Waals surface area contributed by atoms with Crippen LogP contribution >= 0.6 is 0 Å². The second-order valence-corrected chi connectivity index (χ2v) is 7.19. The van der Waals surface area contributed by atoms with Gasteiger partial charge < -0.3 is 19.3 Å². The van der Waals surface area contributed by atoms with Gasteiger partial charge in [-0.3, -0.25) is 9.59 Å². The summed E-state index contributed by atoms with van der Waals surface area (Å²) in [6, 6.07) is 13.1. The molecule has 2 aromatic carbocycles. The average molecular weight is 392 g/mol. The van der Waals surface area contributed by atoms with Crippen LogP contribution in [-0.4, -0.2) is 47.0 Å². The topological polar surface area (TPSA) is 74.0 Å². The normalized spacial score (nSPS) is 16.0. The van der Waals surface area contributed by atoms with E-state index in [0.29, 0.717) is 35.2 Å². The highest BCUT2D eigenvalue weighted by molar-refractivity contribution is 5.99. The Balaban J connectivity index is 1.87. The van der Waals surface area contributed by atoms with E-state index < -0.39 is 6.04 Å². The second-order valence-electron chi connectivity index (χ2n) is 7.19. The molecular formula is C23H24N2O4. The van der Waals surface area contributed by atoms with E-state index in [1.807, 2.05) is 6.07 Å². The number of para-hydroxylation sites is 1. The van der Waals surface area contributed by atoms with Gasteiger partial charge in [-0.25, -0.2) is 0 Å². The molecule has 6 heteroatoms. The quantitative estimate of drug-likeness (QED) is 0.696. The van der Waals surface area contributed by atoms with Crippen LogP contribution in [0.4, 0.5) is 0 Å². The highest BCUT2D eigenvalue weighted by Gasteiger charge is 2.42. The van der Waals surface area contributed by atoms with Gasteiger partial charge in [-0.2, -0.15) is 0 Å². The molecule has 1 unspecified atom stereocenters. The first-order valence-corrected chi connectivity index (χ1v) is 9.93. The van der Waals surface area contributed by atoms with Crippen LogP contribution in [0.25, 0.3) is 11.0 Å². The van der Waals surface area contributed by atoms with E-state index in [-0.39, 0.29) is 22.8 Å². The Labute approximate surface area is 169 Å². The Morgan fingerprint density at radius 2 is 1.83 bits per heavy atom. The number of hydrogen-bond acceptors (Lipinski definition) is 5. The molecule has 0 radical (unpaired) electrons. The number of benzene rings is 2. The average Bonchev–Trinajstić information content (AvgIpc) is 3.01. The zero-order valence-electron chi connectivity index (χ0n) is 16.6. The third kappa shape index (κ3) is 3.29. The van der Waals surface area contributed by atoms with Crippen LogP contribution in [0, 0.1) is 0 Å². The number of rotatable bonds is 6. The van der Waals surface area contributed by atoms with Crippen molar-refractivity contribution < 1.29 is 14.3 Å². The standard InChI is InChI=1S/C23H24N2O4/c1-3-24(4-2)12-13-25-20(15-8-7-9-16(26)14-15)19-21(27)17-10-5-6-11-18(17)29-22(19)23(25)28/h5-11,14,20,26H,3-4,12-13H2,1-2H3. The van der Waals surface area contributed by atoms with Gasteiger partial charge in [-0.15, -0.1) is 0 Å². The van der Waals surface area contributed by atoms with E-state index in [2.05, 4.69) is 18.7 Å². The molecule has 1 atom stereocenters. The smallest absolute Gasteiger partial charge is 0.290 e. The van der Waals surface area contributed by atoms with E-state index in [1.165, 1.54) is 0 Å². The Morgan fingerprint density at radius 3 is 2.55 bits per heavy atom. The van der Waals surface area contributed by atoms with Crippen LogP contribution < -0.4 is 5.43 Å². The summed E-state index contributed by atoms with van der Waals surface area (Å²) < 4.78 is 5.90. The molecule has 0 spiro atoms. The molecule has 150 valence electrons. The second kappa shape index (κ2) is 7.72. The molecular weight excluding hydrogens is 368 g/mol. The summed E-state index contributed by atoms with van der Waals surface area (Å²) in [6.07, 6.45) is 0. The van der Waals surface area contributed by atoms with Gasteiger partial charge in [0.25, 0.3) is 5.91 Å². The van der Waals surface area contributed by atoms with Gasteiger partial charge in [-0.1, -0.05) is 38.1 Å². The fourth-order valence-corrected chi connectivity index (χ4v) is 4.03. The molecule has 29 heavy (non-hydrogen) atoms. The first-order chi connectivity index (χ1) is 14.0. The molecule has 0 bridgehead atoms. The molecule has 0 aliphatic carbocycles. The maximum atomic E-state index is 13.3. The predicted molar refractivity (Wildman–Crippen MR) is 111 cm³/mol. The third-order valence-corrected chi connectivity index (χ3v) is 5.61. The molecule has 6 nitrogen and oxygen atoms in total. The third-order valence-electron chi connectivity index (χ3n) is 5.61. The fourth-order valence-electron chi connectivity index (χ4n) is 4.03. The first-order valence-electron chi connectivity index (χ1n) is 9.93. The number of aromatic hydroxyl groups is 1. The summed E-state index contributed by atoms with van der Waals surface area (Å²) in [7, 11) is 0. The zero-order valence-corrected chi connectivity index (χ0v) is 16.6. The van der Waals surface area contributed by atoms with Crippen molar-refractivity contribution in [3.05, 3.63) is 75.6 Å². The minimum absolute atomic E-state index is 0.0947. The minimum atomic E-state index is -0.582. The lowest BCUT2D eigenvalue weighted by atomic mass is 9.98. The summed E-state index contributed by atoms with van der Waals surface area (Å²) in [5.74, 6) is -0.0952. The molecule has 1 aliphatic rings. The predicted octanol–water partition coefficient (Wildman–Crippen LogP) is 3.39. The molecule has 2 heterocycles. The number of phenolic OH excluding ortho intramolecular Hbond substituents is 1. The monoisotopic (exact) mass is 392 g/mol. The Bertz CT molecular complexity index is 1120. The van der Waals surface area contributed by atoms with Crippen molar-refractivity contribution in [3.8, 4) is 5.75 Å². The zero-order chi connectivity index (χ0) is 20.5. The lowest BCUT2D eigenvalue weighted by Crippen LogP contribution is -2.37. The highest BCUT2D eigenvalue weighted by atomic mass is 16.3. The van der Waals surface area contributed by atoms with Gasteiger partial charge in [0.15, 0.2) is 5.43 Å². The summed E-state index contributed by atoms with van der Waals surface area (Å²) in [4.78, 5) is 30.5. The van der Waals surface area contributed by atoms with E-state index in [4.69, 9.17) is 4.42 Å². The summed E-state index contributed by atoms with van der Waals surface area (Å²) >= 11 is 0. The number of nitrogens with zero attached hydrogens (tertiary/aromatic N) is 2. The highest BCUT2D eigenvalue weighted by Crippen LogP contribution is 2.38. The Hall–Kier alpha value is -3.12. The van der Waals surface area contributed by atoms with Crippen LogP contribution in [0.3, 0.4) is 0 Å². The molecule has 4 rings (SSSR count). The van der Waals surface area contributed by atoms with Crippen LogP contribution in [0.2, 0.25) is 0 Å². The van der Waals surface area contributed by atoms with Crippen LogP contribution in [-0.2, 0) is 0 Å². The number of amides is 1. The SMILES string of the molecule is CCN(CC)CCN1C(=O)c2oc3ccccc3c(=O)c2C1c1cccc(O)c1. The van der Waals surface area contributed by atoms with Crippen LogP contribution in [0.15, 0.2) is 57.7 Å². The first kappa shape index (κ1) is 19.2. The maximum Gasteiger partial charge on any atom is 0.290 e. The van der Waals surface area contributed by atoms with Crippen LogP contribution in [0.5, 0.6) is 5.75 Å². The molecule has 0 saturated carbocycles. The van der Waals surface area contributed by atoms with Gasteiger partial charge in [0, 0.05) is 13.1 Å². The van der Waals surface area contributed by atoms with Crippen molar-refractivity contribution in [2.75, 3.05) is 26.2 Å². The van der Waals surface area contributed by atoms with Gasteiger partial charge in [0.2, 0.25) is 5.76 Å². The van der Waals surface area contributed by atoms with Gasteiger partial charge in [0.05, 0.1) is 17.0 Å². The van der Waals surface area contributed by atoms with E-state index >= 15 is 0 Å². The summed E-state index contributed by atoms with van der Waals surface area (Å²) in [6.45, 7) is 7.06. The van der Waals surface area contributed by atoms with Gasteiger partial charge >= 0.3 is 0 Å². The molecule has 1 N–H and O–H groups in total. The minimum Gasteiger partial charge on any atom is -0.508 e. The molecule has 3 aromatic rings. The van der Waals surface area contributed by atoms with Crippen molar-refractivity contribution in [2.24, 2.45) is 0 Å². The van der Waals surface area contributed by atoms with Crippen molar-refractivity contribution in [3.63, 3.8) is 0 Å². The van der Waals surface area contributed by atoms with Crippen molar-refractivity contribution in [1.29, 1.82) is 0 Å². The number of carbonyl (C=O) groups is 1. The van der Waals surface area contributed by atoms with E-state index in [0.717, 1.165) is 13.1 Å². The number of phenols is 1. The lowest BCUT2D eigenvalue weighted by Gasteiger charge is -2.28. The fraction of sp³-hybridized carbons (Fsp3) is 0.304. The number of likely N-dealkylation sites (N-methyl/N-ethyl adjacent to an activating group) is 1. The molecule has 1 amide bonds. The molecule has 0 saturated heterocycles. The van der Waals surface area contributed by atoms with Gasteiger partial charge in [0.1, 0.15) is 11.3 Å². The summed E-state index contributed by atoms with van der Waals surface area (Å²) in [5.41, 5.74) is 1.25. The molecule has 0 fully saturated rings. The number of carbonyl (C=O) groups excluding carboxylic acids is 1. The van der Waals surface area contributed by atoms with E-state index in [1.54, 1.807) is 47.4 Å². The van der Waals surface area contributed by atoms with Crippen LogP contribution in [0.1, 0.15) is 41.6 Å². The number of hydrogen-bond donors (Lipinski definition) is 1. The van der Waals surface area contributed by atoms with Gasteiger partial charge in [-0.05, 0) is 42.9 Å². The largest absolute Gasteiger partial charge is 0.508 e.